The SMILES string of the molecule is Cc1cccc2oc(CC(C)C(=O)O)cc12. The predicted octanol–water partition coefficient (Wildman–Crippen LogP) is 3.00. The normalized spacial score (nSPS) is 12.9. The summed E-state index contributed by atoms with van der Waals surface area (Å²) < 4.78 is 5.61. The maximum atomic E-state index is 10.7. The fraction of sp³-hybridized carbons (Fsp3) is 0.308. The van der Waals surface area contributed by atoms with Crippen molar-refractivity contribution in [1.29, 1.82) is 0 Å². The van der Waals surface area contributed by atoms with Gasteiger partial charge in [0, 0.05) is 11.8 Å². The number of furan rings is 1. The van der Waals surface area contributed by atoms with Gasteiger partial charge in [-0.05, 0) is 24.6 Å². The molecule has 0 radical (unpaired) electrons. The number of carbonyl (C=O) groups is 1. The average Bonchev–Trinajstić information content (AvgIpc) is 2.61. The molecule has 1 heterocycles. The lowest BCUT2D eigenvalue weighted by Crippen LogP contribution is -2.11. The Bertz CT molecular complexity index is 525. The van der Waals surface area contributed by atoms with Crippen molar-refractivity contribution < 1.29 is 14.3 Å². The Balaban J connectivity index is 2.33. The molecule has 3 nitrogen and oxygen atoms in total. The molecular formula is C13H14O3. The van der Waals surface area contributed by atoms with E-state index in [1.54, 1.807) is 6.92 Å². The third-order valence-electron chi connectivity index (χ3n) is 2.76. The van der Waals surface area contributed by atoms with Gasteiger partial charge < -0.3 is 9.52 Å². The van der Waals surface area contributed by atoms with Gasteiger partial charge in [0.25, 0.3) is 0 Å². The lowest BCUT2D eigenvalue weighted by molar-refractivity contribution is -0.141. The fourth-order valence-electron chi connectivity index (χ4n) is 1.75. The first-order valence-electron chi connectivity index (χ1n) is 5.29. The number of carboxylic acids is 1. The van der Waals surface area contributed by atoms with Crippen molar-refractivity contribution in [3.63, 3.8) is 0 Å². The van der Waals surface area contributed by atoms with E-state index in [-0.39, 0.29) is 0 Å². The zero-order chi connectivity index (χ0) is 11.7. The monoisotopic (exact) mass is 218 g/mol. The summed E-state index contributed by atoms with van der Waals surface area (Å²) in [6.07, 6.45) is 0.434. The maximum Gasteiger partial charge on any atom is 0.306 e. The topological polar surface area (TPSA) is 50.4 Å². The Morgan fingerprint density at radius 1 is 1.50 bits per heavy atom. The molecule has 0 fully saturated rings. The van der Waals surface area contributed by atoms with Crippen LogP contribution < -0.4 is 0 Å². The van der Waals surface area contributed by atoms with E-state index in [0.717, 1.165) is 22.3 Å². The van der Waals surface area contributed by atoms with Crippen LogP contribution in [-0.4, -0.2) is 11.1 Å². The molecule has 0 spiro atoms. The zero-order valence-electron chi connectivity index (χ0n) is 9.36. The van der Waals surface area contributed by atoms with Gasteiger partial charge >= 0.3 is 5.97 Å². The van der Waals surface area contributed by atoms with Crippen molar-refractivity contribution in [3.8, 4) is 0 Å². The molecule has 0 aliphatic carbocycles. The first kappa shape index (κ1) is 10.7. The number of benzene rings is 1. The van der Waals surface area contributed by atoms with Crippen LogP contribution in [0.3, 0.4) is 0 Å². The fourth-order valence-corrected chi connectivity index (χ4v) is 1.75. The molecule has 0 bridgehead atoms. The molecule has 0 amide bonds. The van der Waals surface area contributed by atoms with Crippen LogP contribution in [0.15, 0.2) is 28.7 Å². The largest absolute Gasteiger partial charge is 0.481 e. The highest BCUT2D eigenvalue weighted by Gasteiger charge is 2.14. The minimum absolute atomic E-state index is 0.416. The first-order valence-corrected chi connectivity index (χ1v) is 5.29. The van der Waals surface area contributed by atoms with Gasteiger partial charge in [-0.15, -0.1) is 0 Å². The minimum Gasteiger partial charge on any atom is -0.481 e. The summed E-state index contributed by atoms with van der Waals surface area (Å²) in [5, 5.41) is 9.90. The van der Waals surface area contributed by atoms with Gasteiger partial charge in [-0.25, -0.2) is 0 Å². The highest BCUT2D eigenvalue weighted by molar-refractivity contribution is 5.81. The van der Waals surface area contributed by atoms with Crippen molar-refractivity contribution in [2.24, 2.45) is 5.92 Å². The van der Waals surface area contributed by atoms with Crippen molar-refractivity contribution >= 4 is 16.9 Å². The predicted molar refractivity (Wildman–Crippen MR) is 61.5 cm³/mol. The second-order valence-electron chi connectivity index (χ2n) is 4.14. The molecule has 3 heteroatoms. The summed E-state index contributed by atoms with van der Waals surface area (Å²) in [5.74, 6) is -0.475. The summed E-state index contributed by atoms with van der Waals surface area (Å²) in [5.41, 5.74) is 1.98. The molecule has 0 aliphatic heterocycles. The van der Waals surface area contributed by atoms with Gasteiger partial charge in [-0.2, -0.15) is 0 Å². The van der Waals surface area contributed by atoms with Crippen LogP contribution in [0.5, 0.6) is 0 Å². The van der Waals surface area contributed by atoms with Gasteiger partial charge in [0.1, 0.15) is 11.3 Å². The maximum absolute atomic E-state index is 10.7. The number of aryl methyl sites for hydroxylation is 1. The minimum atomic E-state index is -0.794. The Hall–Kier alpha value is -1.77. The van der Waals surface area contributed by atoms with Gasteiger partial charge in [0.05, 0.1) is 5.92 Å². The van der Waals surface area contributed by atoms with Crippen molar-refractivity contribution in [3.05, 3.63) is 35.6 Å². The van der Waals surface area contributed by atoms with Crippen molar-refractivity contribution in [2.75, 3.05) is 0 Å². The molecule has 1 N–H and O–H groups in total. The Morgan fingerprint density at radius 3 is 2.88 bits per heavy atom. The van der Waals surface area contributed by atoms with E-state index in [4.69, 9.17) is 9.52 Å². The summed E-state index contributed by atoms with van der Waals surface area (Å²) in [6.45, 7) is 3.70. The molecule has 2 rings (SSSR count). The number of hydrogen-bond donors (Lipinski definition) is 1. The Kier molecular flexibility index (Phi) is 2.69. The number of fused-ring (bicyclic) bond motifs is 1. The molecule has 1 aromatic carbocycles. The lowest BCUT2D eigenvalue weighted by Gasteiger charge is -2.01. The van der Waals surface area contributed by atoms with Crippen LogP contribution in [0.25, 0.3) is 11.0 Å². The van der Waals surface area contributed by atoms with E-state index in [0.29, 0.717) is 6.42 Å². The number of carboxylic acid groups (broad SMARTS) is 1. The van der Waals surface area contributed by atoms with Crippen LogP contribution in [0.4, 0.5) is 0 Å². The second-order valence-corrected chi connectivity index (χ2v) is 4.14. The van der Waals surface area contributed by atoms with E-state index in [9.17, 15) is 4.79 Å². The standard InChI is InChI=1S/C13H14O3/c1-8-4-3-5-12-11(8)7-10(16-12)6-9(2)13(14)15/h3-5,7,9H,6H2,1-2H3,(H,14,15). The summed E-state index contributed by atoms with van der Waals surface area (Å²) >= 11 is 0. The zero-order valence-corrected chi connectivity index (χ0v) is 9.36. The van der Waals surface area contributed by atoms with Crippen molar-refractivity contribution in [2.45, 2.75) is 20.3 Å². The van der Waals surface area contributed by atoms with Crippen LogP contribution in [-0.2, 0) is 11.2 Å². The molecule has 0 saturated carbocycles. The highest BCUT2D eigenvalue weighted by atomic mass is 16.4. The Morgan fingerprint density at radius 2 is 2.25 bits per heavy atom. The first-order chi connectivity index (χ1) is 7.58. The highest BCUT2D eigenvalue weighted by Crippen LogP contribution is 2.24. The molecule has 1 unspecified atom stereocenters. The summed E-state index contributed by atoms with van der Waals surface area (Å²) in [4.78, 5) is 10.7. The molecule has 1 aromatic heterocycles. The molecular weight excluding hydrogens is 204 g/mol. The van der Waals surface area contributed by atoms with Crippen LogP contribution in [0, 0.1) is 12.8 Å². The van der Waals surface area contributed by atoms with Gasteiger partial charge in [0.2, 0.25) is 0 Å². The number of aliphatic carboxylic acids is 1. The number of hydrogen-bond acceptors (Lipinski definition) is 2. The quantitative estimate of drug-likeness (QED) is 0.861. The van der Waals surface area contributed by atoms with Gasteiger partial charge in [0.15, 0.2) is 0 Å². The van der Waals surface area contributed by atoms with Crippen LogP contribution >= 0.6 is 0 Å². The Labute approximate surface area is 93.7 Å². The third-order valence-corrected chi connectivity index (χ3v) is 2.76. The van der Waals surface area contributed by atoms with E-state index >= 15 is 0 Å². The number of rotatable bonds is 3. The van der Waals surface area contributed by atoms with Crippen molar-refractivity contribution in [1.82, 2.24) is 0 Å². The van der Waals surface area contributed by atoms with E-state index in [1.165, 1.54) is 0 Å². The van der Waals surface area contributed by atoms with E-state index in [2.05, 4.69) is 0 Å². The van der Waals surface area contributed by atoms with Gasteiger partial charge in [-0.1, -0.05) is 19.1 Å². The van der Waals surface area contributed by atoms with E-state index in [1.807, 2.05) is 31.2 Å². The molecule has 0 aliphatic rings. The van der Waals surface area contributed by atoms with Crippen LogP contribution in [0.1, 0.15) is 18.2 Å². The average molecular weight is 218 g/mol. The molecule has 1 atom stereocenters. The van der Waals surface area contributed by atoms with Crippen LogP contribution in [0.2, 0.25) is 0 Å². The van der Waals surface area contributed by atoms with Gasteiger partial charge in [-0.3, -0.25) is 4.79 Å². The summed E-state index contributed by atoms with van der Waals surface area (Å²) in [6, 6.07) is 7.79. The second kappa shape index (κ2) is 4.00. The molecule has 16 heavy (non-hydrogen) atoms. The third kappa shape index (κ3) is 1.94. The van der Waals surface area contributed by atoms with E-state index < -0.39 is 11.9 Å². The molecule has 0 saturated heterocycles. The molecule has 84 valence electrons. The smallest absolute Gasteiger partial charge is 0.306 e. The molecule has 2 aromatic rings. The lowest BCUT2D eigenvalue weighted by atomic mass is 10.1. The summed E-state index contributed by atoms with van der Waals surface area (Å²) in [7, 11) is 0.